The van der Waals surface area contributed by atoms with Gasteiger partial charge in [0.15, 0.2) is 6.29 Å². The van der Waals surface area contributed by atoms with Gasteiger partial charge in [-0.25, -0.2) is 0 Å². The molecule has 0 aromatic heterocycles. The highest BCUT2D eigenvalue weighted by molar-refractivity contribution is 6.33. The molecule has 0 saturated carbocycles. The molecule has 1 aromatic carbocycles. The van der Waals surface area contributed by atoms with Gasteiger partial charge in [0, 0.05) is 19.3 Å². The molecule has 0 aliphatic carbocycles. The third kappa shape index (κ3) is 3.47. The number of anilines is 1. The number of nitrogens with one attached hydrogen (secondary N) is 1. The normalized spacial score (nSPS) is 9.94. The maximum atomic E-state index is 11.5. The smallest absolute Gasteiger partial charge is 0.239 e. The van der Waals surface area contributed by atoms with Crippen LogP contribution in [0, 0.1) is 0 Å². The van der Waals surface area contributed by atoms with Crippen LogP contribution >= 0.6 is 11.6 Å². The standard InChI is InChI=1S/C13H17ClN2O2/c1-3-7-16(8-13(18)15-2)12-6-4-5-11(14)10(12)9-17/h4-6,9H,3,7-8H2,1-2H3,(H,15,18). The van der Waals surface area contributed by atoms with E-state index in [1.54, 1.807) is 25.2 Å². The van der Waals surface area contributed by atoms with Crippen LogP contribution in [0.2, 0.25) is 5.02 Å². The van der Waals surface area contributed by atoms with Gasteiger partial charge < -0.3 is 10.2 Å². The zero-order valence-electron chi connectivity index (χ0n) is 10.6. The van der Waals surface area contributed by atoms with E-state index in [2.05, 4.69) is 5.32 Å². The molecule has 1 aromatic rings. The van der Waals surface area contributed by atoms with E-state index in [1.807, 2.05) is 11.8 Å². The maximum Gasteiger partial charge on any atom is 0.239 e. The molecule has 0 unspecified atom stereocenters. The summed E-state index contributed by atoms with van der Waals surface area (Å²) in [7, 11) is 1.59. The van der Waals surface area contributed by atoms with E-state index < -0.39 is 0 Å². The number of halogens is 1. The highest BCUT2D eigenvalue weighted by Crippen LogP contribution is 2.26. The van der Waals surface area contributed by atoms with Crippen molar-refractivity contribution in [1.82, 2.24) is 5.32 Å². The van der Waals surface area contributed by atoms with Crippen LogP contribution < -0.4 is 10.2 Å². The van der Waals surface area contributed by atoms with E-state index in [0.717, 1.165) is 12.7 Å². The van der Waals surface area contributed by atoms with Crippen LogP contribution in [-0.4, -0.2) is 32.3 Å². The lowest BCUT2D eigenvalue weighted by atomic mass is 10.1. The number of nitrogens with zero attached hydrogens (tertiary/aromatic N) is 1. The van der Waals surface area contributed by atoms with Crippen molar-refractivity contribution in [3.05, 3.63) is 28.8 Å². The molecule has 0 aliphatic rings. The van der Waals surface area contributed by atoms with Gasteiger partial charge in [0.25, 0.3) is 0 Å². The molecule has 0 radical (unpaired) electrons. The number of carbonyl (C=O) groups excluding carboxylic acids is 2. The summed E-state index contributed by atoms with van der Waals surface area (Å²) in [5.41, 5.74) is 1.12. The topological polar surface area (TPSA) is 49.4 Å². The second-order valence-corrected chi connectivity index (χ2v) is 4.29. The predicted octanol–water partition coefficient (Wildman–Crippen LogP) is 2.11. The lowest BCUT2D eigenvalue weighted by Crippen LogP contribution is -2.36. The van der Waals surface area contributed by atoms with Crippen LogP contribution in [0.5, 0.6) is 0 Å². The second-order valence-electron chi connectivity index (χ2n) is 3.89. The molecule has 4 nitrogen and oxygen atoms in total. The summed E-state index contributed by atoms with van der Waals surface area (Å²) in [6, 6.07) is 5.24. The molecule has 1 amide bonds. The van der Waals surface area contributed by atoms with E-state index in [-0.39, 0.29) is 12.5 Å². The van der Waals surface area contributed by atoms with Gasteiger partial charge in [-0.1, -0.05) is 24.6 Å². The SMILES string of the molecule is CCCN(CC(=O)NC)c1cccc(Cl)c1C=O. The lowest BCUT2D eigenvalue weighted by Gasteiger charge is -2.25. The quantitative estimate of drug-likeness (QED) is 0.804. The molecule has 0 saturated heterocycles. The summed E-state index contributed by atoms with van der Waals surface area (Å²) in [6.07, 6.45) is 1.60. The minimum Gasteiger partial charge on any atom is -0.362 e. The molecule has 1 N–H and O–H groups in total. The Kier molecular flexibility index (Phi) is 5.65. The van der Waals surface area contributed by atoms with Gasteiger partial charge in [0.1, 0.15) is 0 Å². The van der Waals surface area contributed by atoms with Crippen molar-refractivity contribution in [2.45, 2.75) is 13.3 Å². The number of likely N-dealkylation sites (N-methyl/N-ethyl adjacent to an activating group) is 1. The fourth-order valence-corrected chi connectivity index (χ4v) is 1.94. The van der Waals surface area contributed by atoms with Gasteiger partial charge >= 0.3 is 0 Å². The second kappa shape index (κ2) is 7.01. The number of amides is 1. The Morgan fingerprint density at radius 1 is 1.50 bits per heavy atom. The van der Waals surface area contributed by atoms with Crippen LogP contribution in [0.25, 0.3) is 0 Å². The summed E-state index contributed by atoms with van der Waals surface area (Å²) < 4.78 is 0. The van der Waals surface area contributed by atoms with Crippen LogP contribution in [0.4, 0.5) is 5.69 Å². The Labute approximate surface area is 112 Å². The Balaban J connectivity index is 3.08. The number of benzene rings is 1. The summed E-state index contributed by atoms with van der Waals surface area (Å²) in [5.74, 6) is -0.0970. The molecule has 5 heteroatoms. The summed E-state index contributed by atoms with van der Waals surface area (Å²) >= 11 is 5.99. The van der Waals surface area contributed by atoms with Gasteiger partial charge in [-0.3, -0.25) is 9.59 Å². The Bertz CT molecular complexity index is 435. The van der Waals surface area contributed by atoms with Crippen molar-refractivity contribution in [1.29, 1.82) is 0 Å². The summed E-state index contributed by atoms with van der Waals surface area (Å²) in [4.78, 5) is 24.4. The first-order valence-corrected chi connectivity index (χ1v) is 6.21. The average molecular weight is 269 g/mol. The molecular formula is C13H17ClN2O2. The van der Waals surface area contributed by atoms with Gasteiger partial charge in [-0.2, -0.15) is 0 Å². The zero-order valence-corrected chi connectivity index (χ0v) is 11.3. The fraction of sp³-hybridized carbons (Fsp3) is 0.385. The Morgan fingerprint density at radius 3 is 2.78 bits per heavy atom. The molecule has 0 fully saturated rings. The summed E-state index contributed by atoms with van der Waals surface area (Å²) in [5, 5.41) is 2.98. The molecule has 0 heterocycles. The van der Waals surface area contributed by atoms with E-state index >= 15 is 0 Å². The van der Waals surface area contributed by atoms with E-state index in [1.165, 1.54) is 0 Å². The fourth-order valence-electron chi connectivity index (χ4n) is 1.73. The van der Waals surface area contributed by atoms with Crippen LogP contribution in [0.15, 0.2) is 18.2 Å². The monoisotopic (exact) mass is 268 g/mol. The van der Waals surface area contributed by atoms with Crippen LogP contribution in [0.3, 0.4) is 0 Å². The molecule has 0 atom stereocenters. The molecule has 0 aliphatic heterocycles. The molecule has 1 rings (SSSR count). The van der Waals surface area contributed by atoms with Crippen molar-refractivity contribution >= 4 is 29.5 Å². The summed E-state index contributed by atoms with van der Waals surface area (Å²) in [6.45, 7) is 2.92. The number of aldehydes is 1. The van der Waals surface area contributed by atoms with E-state index in [0.29, 0.717) is 22.8 Å². The van der Waals surface area contributed by atoms with Gasteiger partial charge in [0.2, 0.25) is 5.91 Å². The number of hydrogen-bond acceptors (Lipinski definition) is 3. The van der Waals surface area contributed by atoms with Crippen molar-refractivity contribution in [3.63, 3.8) is 0 Å². The van der Waals surface area contributed by atoms with Gasteiger partial charge in [-0.15, -0.1) is 0 Å². The molecule has 0 spiro atoms. The zero-order chi connectivity index (χ0) is 13.5. The van der Waals surface area contributed by atoms with E-state index in [4.69, 9.17) is 11.6 Å². The Hall–Kier alpha value is -1.55. The van der Waals surface area contributed by atoms with E-state index in [9.17, 15) is 9.59 Å². The first-order valence-electron chi connectivity index (χ1n) is 5.83. The van der Waals surface area contributed by atoms with Gasteiger partial charge in [-0.05, 0) is 18.6 Å². The van der Waals surface area contributed by atoms with Crippen molar-refractivity contribution < 1.29 is 9.59 Å². The van der Waals surface area contributed by atoms with Crippen molar-refractivity contribution in [3.8, 4) is 0 Å². The third-order valence-corrected chi connectivity index (χ3v) is 2.92. The molecular weight excluding hydrogens is 252 g/mol. The Morgan fingerprint density at radius 2 is 2.22 bits per heavy atom. The first-order chi connectivity index (χ1) is 8.63. The third-order valence-electron chi connectivity index (χ3n) is 2.60. The predicted molar refractivity (Wildman–Crippen MR) is 73.4 cm³/mol. The van der Waals surface area contributed by atoms with Crippen molar-refractivity contribution in [2.75, 3.05) is 25.0 Å². The number of hydrogen-bond donors (Lipinski definition) is 1. The van der Waals surface area contributed by atoms with Crippen LogP contribution in [0.1, 0.15) is 23.7 Å². The molecule has 98 valence electrons. The largest absolute Gasteiger partial charge is 0.362 e. The highest BCUT2D eigenvalue weighted by atomic mass is 35.5. The molecule has 18 heavy (non-hydrogen) atoms. The number of rotatable bonds is 6. The lowest BCUT2D eigenvalue weighted by molar-refractivity contribution is -0.119. The van der Waals surface area contributed by atoms with Crippen LogP contribution in [-0.2, 0) is 4.79 Å². The minimum atomic E-state index is -0.0970. The first kappa shape index (κ1) is 14.5. The number of carbonyl (C=O) groups is 2. The average Bonchev–Trinajstić information content (AvgIpc) is 2.37. The molecule has 0 bridgehead atoms. The van der Waals surface area contributed by atoms with Gasteiger partial charge in [0.05, 0.1) is 17.1 Å². The highest BCUT2D eigenvalue weighted by Gasteiger charge is 2.15. The van der Waals surface area contributed by atoms with Crippen molar-refractivity contribution in [2.24, 2.45) is 0 Å². The minimum absolute atomic E-state index is 0.0970. The maximum absolute atomic E-state index is 11.5.